The second-order valence-corrected chi connectivity index (χ2v) is 3.47. The number of hydrogen-bond acceptors (Lipinski definition) is 1. The molecule has 0 saturated heterocycles. The van der Waals surface area contributed by atoms with E-state index in [-0.39, 0.29) is 17.0 Å². The predicted octanol–water partition coefficient (Wildman–Crippen LogP) is 1.61. The molecule has 0 bridgehead atoms. The summed E-state index contributed by atoms with van der Waals surface area (Å²) in [6, 6.07) is 5.86. The van der Waals surface area contributed by atoms with Crippen molar-refractivity contribution in [3.05, 3.63) is 35.4 Å². The number of benzene rings is 1. The fourth-order valence-electron chi connectivity index (χ4n) is 1.69. The Hall–Kier alpha value is -2.14. The van der Waals surface area contributed by atoms with E-state index in [2.05, 4.69) is 4.79 Å². The molecule has 1 aliphatic heterocycles. The van der Waals surface area contributed by atoms with Crippen LogP contribution in [-0.4, -0.2) is 29.1 Å². The van der Waals surface area contributed by atoms with Gasteiger partial charge in [-0.3, -0.25) is 9.69 Å². The summed E-state index contributed by atoms with van der Waals surface area (Å²) in [6.45, 7) is -1.40. The Morgan fingerprint density at radius 2 is 1.94 bits per heavy atom. The first-order valence-electron chi connectivity index (χ1n) is 4.64. The van der Waals surface area contributed by atoms with E-state index in [0.717, 1.165) is 0 Å². The number of amides is 1. The van der Waals surface area contributed by atoms with Crippen molar-refractivity contribution in [2.75, 3.05) is 11.4 Å². The standard InChI is InChI=1S/C10H6F3N3O/c11-10(12,13)5-16-7-4-2-1-3-6(7)8(15-14)9(16)17/h1-4H,5H2. The summed E-state index contributed by atoms with van der Waals surface area (Å²) < 4.78 is 36.9. The number of fused-ring (bicyclic) bond motifs is 1. The lowest BCUT2D eigenvalue weighted by Crippen LogP contribution is -2.38. The van der Waals surface area contributed by atoms with Crippen LogP contribution in [0.3, 0.4) is 0 Å². The maximum Gasteiger partial charge on any atom is 0.406 e. The van der Waals surface area contributed by atoms with Gasteiger partial charge in [-0.1, -0.05) is 12.1 Å². The number of hydrogen-bond donors (Lipinski definition) is 0. The number of nitrogens with zero attached hydrogens (tertiary/aromatic N) is 3. The molecule has 0 radical (unpaired) electrons. The minimum Gasteiger partial charge on any atom is -0.361 e. The first-order chi connectivity index (χ1) is 7.94. The van der Waals surface area contributed by atoms with Crippen molar-refractivity contribution in [1.82, 2.24) is 0 Å². The normalized spacial score (nSPS) is 14.9. The Bertz CT molecular complexity index is 532. The van der Waals surface area contributed by atoms with Gasteiger partial charge in [0.05, 0.1) is 11.3 Å². The van der Waals surface area contributed by atoms with Gasteiger partial charge in [0.2, 0.25) is 0 Å². The minimum absolute atomic E-state index is 0.0997. The molecule has 1 heterocycles. The number of halogens is 3. The zero-order valence-corrected chi connectivity index (χ0v) is 8.40. The maximum absolute atomic E-state index is 12.3. The molecule has 0 saturated carbocycles. The third kappa shape index (κ3) is 1.92. The zero-order chi connectivity index (χ0) is 12.6. The average molecular weight is 241 g/mol. The fraction of sp³-hybridized carbons (Fsp3) is 0.200. The molecule has 0 unspecified atom stereocenters. The van der Waals surface area contributed by atoms with Crippen molar-refractivity contribution >= 4 is 17.3 Å². The number of anilines is 1. The molecule has 1 aromatic carbocycles. The Labute approximate surface area is 93.9 Å². The molecule has 0 aliphatic carbocycles. The van der Waals surface area contributed by atoms with Crippen molar-refractivity contribution in [2.45, 2.75) is 6.18 Å². The Morgan fingerprint density at radius 3 is 2.53 bits per heavy atom. The van der Waals surface area contributed by atoms with Gasteiger partial charge >= 0.3 is 17.8 Å². The summed E-state index contributed by atoms with van der Waals surface area (Å²) >= 11 is 0. The Morgan fingerprint density at radius 1 is 1.29 bits per heavy atom. The number of carbonyl (C=O) groups is 1. The SMILES string of the molecule is [N-]=[N+]=C1C(=O)N(CC(F)(F)F)c2ccccc21. The van der Waals surface area contributed by atoms with Crippen molar-refractivity contribution in [1.29, 1.82) is 0 Å². The molecular weight excluding hydrogens is 235 g/mol. The van der Waals surface area contributed by atoms with Crippen molar-refractivity contribution in [3.63, 3.8) is 0 Å². The van der Waals surface area contributed by atoms with E-state index in [4.69, 9.17) is 5.53 Å². The van der Waals surface area contributed by atoms with Crippen LogP contribution in [0.4, 0.5) is 18.9 Å². The minimum atomic E-state index is -4.51. The Balaban J connectivity index is 2.50. The first-order valence-corrected chi connectivity index (χ1v) is 4.64. The van der Waals surface area contributed by atoms with Gasteiger partial charge in [-0.25, -0.2) is 0 Å². The van der Waals surface area contributed by atoms with Crippen LogP contribution in [0.2, 0.25) is 0 Å². The van der Waals surface area contributed by atoms with E-state index < -0.39 is 18.6 Å². The molecule has 2 rings (SSSR count). The van der Waals surface area contributed by atoms with Gasteiger partial charge in [0.1, 0.15) is 6.54 Å². The molecule has 0 fully saturated rings. The fourth-order valence-corrected chi connectivity index (χ4v) is 1.69. The summed E-state index contributed by atoms with van der Waals surface area (Å²) in [4.78, 5) is 14.9. The summed E-state index contributed by atoms with van der Waals surface area (Å²) in [5.74, 6) is -0.953. The summed E-state index contributed by atoms with van der Waals surface area (Å²) in [5.41, 5.74) is 8.59. The molecule has 0 aromatic heterocycles. The predicted molar refractivity (Wildman–Crippen MR) is 52.6 cm³/mol. The first kappa shape index (κ1) is 11.3. The average Bonchev–Trinajstić information content (AvgIpc) is 2.50. The largest absolute Gasteiger partial charge is 0.406 e. The number of alkyl halides is 3. The van der Waals surface area contributed by atoms with Crippen LogP contribution >= 0.6 is 0 Å². The van der Waals surface area contributed by atoms with E-state index >= 15 is 0 Å². The van der Waals surface area contributed by atoms with Crippen LogP contribution in [0.15, 0.2) is 24.3 Å². The molecule has 1 aromatic rings. The highest BCUT2D eigenvalue weighted by Gasteiger charge is 2.45. The number of rotatable bonds is 1. The molecule has 0 N–H and O–H groups in total. The van der Waals surface area contributed by atoms with Crippen molar-refractivity contribution in [2.24, 2.45) is 0 Å². The van der Waals surface area contributed by atoms with E-state index in [1.54, 1.807) is 6.07 Å². The van der Waals surface area contributed by atoms with E-state index in [9.17, 15) is 18.0 Å². The quantitative estimate of drug-likeness (QED) is 0.544. The third-order valence-corrected chi connectivity index (χ3v) is 2.34. The topological polar surface area (TPSA) is 56.7 Å². The summed E-state index contributed by atoms with van der Waals surface area (Å²) in [6.07, 6.45) is -4.51. The van der Waals surface area contributed by atoms with Crippen LogP contribution in [0.25, 0.3) is 5.53 Å². The van der Waals surface area contributed by atoms with Crippen LogP contribution in [0, 0.1) is 0 Å². The highest BCUT2D eigenvalue weighted by atomic mass is 19.4. The molecule has 7 heteroatoms. The van der Waals surface area contributed by atoms with Crippen molar-refractivity contribution < 1.29 is 22.8 Å². The van der Waals surface area contributed by atoms with Gasteiger partial charge in [0.25, 0.3) is 0 Å². The summed E-state index contributed by atoms with van der Waals surface area (Å²) in [5, 5.41) is 0. The molecule has 0 spiro atoms. The Kier molecular flexibility index (Phi) is 2.48. The van der Waals surface area contributed by atoms with E-state index in [1.807, 2.05) is 0 Å². The third-order valence-electron chi connectivity index (χ3n) is 2.34. The lowest BCUT2D eigenvalue weighted by molar-refractivity contribution is -0.130. The lowest BCUT2D eigenvalue weighted by Gasteiger charge is -2.17. The molecule has 0 atom stereocenters. The highest BCUT2D eigenvalue weighted by Crippen LogP contribution is 2.31. The van der Waals surface area contributed by atoms with Crippen molar-refractivity contribution in [3.8, 4) is 0 Å². The molecular formula is C10H6F3N3O. The van der Waals surface area contributed by atoms with Gasteiger partial charge < -0.3 is 5.53 Å². The lowest BCUT2D eigenvalue weighted by atomic mass is 10.1. The number of carbonyl (C=O) groups excluding carboxylic acids is 1. The zero-order valence-electron chi connectivity index (χ0n) is 8.40. The van der Waals surface area contributed by atoms with Gasteiger partial charge in [0.15, 0.2) is 0 Å². The number of para-hydroxylation sites is 1. The molecule has 4 nitrogen and oxygen atoms in total. The van der Waals surface area contributed by atoms with Gasteiger partial charge in [-0.2, -0.15) is 18.0 Å². The highest BCUT2D eigenvalue weighted by molar-refractivity contribution is 6.52. The van der Waals surface area contributed by atoms with Crippen LogP contribution in [-0.2, 0) is 4.79 Å². The molecule has 17 heavy (non-hydrogen) atoms. The van der Waals surface area contributed by atoms with Gasteiger partial charge in [0, 0.05) is 0 Å². The van der Waals surface area contributed by atoms with Crippen LogP contribution < -0.4 is 4.90 Å². The molecule has 1 amide bonds. The molecule has 1 aliphatic rings. The summed E-state index contributed by atoms with van der Waals surface area (Å²) in [7, 11) is 0. The monoisotopic (exact) mass is 241 g/mol. The smallest absolute Gasteiger partial charge is 0.361 e. The van der Waals surface area contributed by atoms with E-state index in [0.29, 0.717) is 4.90 Å². The molecule has 88 valence electrons. The van der Waals surface area contributed by atoms with Crippen LogP contribution in [0.5, 0.6) is 0 Å². The van der Waals surface area contributed by atoms with Crippen LogP contribution in [0.1, 0.15) is 5.56 Å². The van der Waals surface area contributed by atoms with E-state index in [1.165, 1.54) is 18.2 Å². The van der Waals surface area contributed by atoms with Gasteiger partial charge in [-0.15, -0.1) is 0 Å². The van der Waals surface area contributed by atoms with Gasteiger partial charge in [-0.05, 0) is 12.1 Å². The second-order valence-electron chi connectivity index (χ2n) is 3.47. The maximum atomic E-state index is 12.3. The second kappa shape index (κ2) is 3.71.